The Morgan fingerprint density at radius 1 is 1.18 bits per heavy atom. The van der Waals surface area contributed by atoms with Gasteiger partial charge in [-0.2, -0.15) is 0 Å². The lowest BCUT2D eigenvalue weighted by atomic mass is 10.1. The molecular weight excluding hydrogens is 392 g/mol. The van der Waals surface area contributed by atoms with E-state index in [2.05, 4.69) is 15.2 Å². The number of benzene rings is 2. The van der Waals surface area contributed by atoms with Gasteiger partial charge in [-0.15, -0.1) is 10.2 Å². The largest absolute Gasteiger partial charge is 0.360 e. The molecule has 1 unspecified atom stereocenters. The predicted octanol–water partition coefficient (Wildman–Crippen LogP) is 5.46. The topological polar surface area (TPSA) is 63.6 Å². The Morgan fingerprint density at radius 3 is 2.68 bits per heavy atom. The van der Waals surface area contributed by atoms with Gasteiger partial charge >= 0.3 is 0 Å². The van der Waals surface area contributed by atoms with E-state index in [1.807, 2.05) is 66.9 Å². The maximum atomic E-state index is 13.0. The van der Waals surface area contributed by atoms with E-state index < -0.39 is 0 Å². The summed E-state index contributed by atoms with van der Waals surface area (Å²) in [7, 11) is 0. The summed E-state index contributed by atoms with van der Waals surface area (Å²) in [5.74, 6) is 0.842. The predicted molar refractivity (Wildman–Crippen MR) is 114 cm³/mol. The van der Waals surface area contributed by atoms with Crippen LogP contribution in [0.5, 0.6) is 0 Å². The number of ketones is 1. The number of nitrogens with zero attached hydrogens (tertiary/aromatic N) is 3. The average molecular weight is 411 g/mol. The molecule has 4 aromatic rings. The van der Waals surface area contributed by atoms with Crippen LogP contribution < -0.4 is 0 Å². The molecule has 142 valence electrons. The summed E-state index contributed by atoms with van der Waals surface area (Å²) in [6, 6.07) is 15.3. The summed E-state index contributed by atoms with van der Waals surface area (Å²) in [5.41, 5.74) is 2.61. The van der Waals surface area contributed by atoms with Gasteiger partial charge < -0.3 is 9.55 Å². The number of nitrogens with one attached hydrogen (secondary N) is 1. The van der Waals surface area contributed by atoms with Crippen molar-refractivity contribution >= 4 is 40.0 Å². The lowest BCUT2D eigenvalue weighted by molar-refractivity contribution is 0.0995. The molecule has 0 saturated carbocycles. The van der Waals surface area contributed by atoms with E-state index in [9.17, 15) is 4.79 Å². The molecule has 0 saturated heterocycles. The molecular formula is C21H19ClN4OS. The molecule has 0 amide bonds. The van der Waals surface area contributed by atoms with Crippen molar-refractivity contribution in [3.05, 3.63) is 65.3 Å². The molecule has 2 aromatic heterocycles. The highest BCUT2D eigenvalue weighted by Crippen LogP contribution is 2.30. The first-order chi connectivity index (χ1) is 13.6. The summed E-state index contributed by atoms with van der Waals surface area (Å²) in [6.07, 6.45) is 1.79. The van der Waals surface area contributed by atoms with Crippen molar-refractivity contribution in [1.82, 2.24) is 19.7 Å². The van der Waals surface area contributed by atoms with Gasteiger partial charge in [0.2, 0.25) is 0 Å². The van der Waals surface area contributed by atoms with Crippen molar-refractivity contribution in [2.75, 3.05) is 0 Å². The van der Waals surface area contributed by atoms with Crippen molar-refractivity contribution in [3.63, 3.8) is 0 Å². The molecule has 2 heterocycles. The van der Waals surface area contributed by atoms with Gasteiger partial charge in [0, 0.05) is 39.8 Å². The van der Waals surface area contributed by atoms with Crippen LogP contribution in [0.3, 0.4) is 0 Å². The third-order valence-electron chi connectivity index (χ3n) is 4.64. The van der Waals surface area contributed by atoms with E-state index >= 15 is 0 Å². The number of halogens is 1. The fraction of sp³-hybridized carbons (Fsp3) is 0.190. The van der Waals surface area contributed by atoms with Gasteiger partial charge in [-0.25, -0.2) is 0 Å². The van der Waals surface area contributed by atoms with Gasteiger partial charge in [-0.05, 0) is 44.2 Å². The molecule has 0 bridgehead atoms. The molecule has 0 aliphatic carbocycles. The lowest BCUT2D eigenvalue weighted by Crippen LogP contribution is -2.14. The number of thioether (sulfide) groups is 1. The van der Waals surface area contributed by atoms with E-state index in [1.54, 1.807) is 6.20 Å². The van der Waals surface area contributed by atoms with Crippen LogP contribution in [0.25, 0.3) is 22.3 Å². The molecule has 2 aromatic carbocycles. The number of aromatic nitrogens is 4. The molecule has 0 aliphatic heterocycles. The van der Waals surface area contributed by atoms with Crippen molar-refractivity contribution < 1.29 is 4.79 Å². The Bertz CT molecular complexity index is 1130. The highest BCUT2D eigenvalue weighted by atomic mass is 35.5. The molecule has 5 nitrogen and oxygen atoms in total. The quantitative estimate of drug-likeness (QED) is 0.338. The number of Topliss-reactive ketones (excluding diaryl/α,β-unsaturated/α-hetero) is 1. The standard InChI is InChI=1S/C21H19ClN4OS/c1-3-26-20(14-8-10-15(22)11-9-14)24-25-21(26)28-13(2)19(27)17-12-23-18-7-5-4-6-16(17)18/h4-13,23H,3H2,1-2H3. The number of fused-ring (bicyclic) bond motifs is 1. The zero-order valence-electron chi connectivity index (χ0n) is 15.5. The lowest BCUT2D eigenvalue weighted by Gasteiger charge is -2.11. The molecule has 0 aliphatic rings. The highest BCUT2D eigenvalue weighted by molar-refractivity contribution is 8.00. The molecule has 0 radical (unpaired) electrons. The minimum Gasteiger partial charge on any atom is -0.360 e. The summed E-state index contributed by atoms with van der Waals surface area (Å²) in [6.45, 7) is 4.66. The Labute approximate surface area is 172 Å². The Morgan fingerprint density at radius 2 is 1.93 bits per heavy atom. The molecule has 1 atom stereocenters. The Kier molecular flexibility index (Phi) is 5.24. The maximum absolute atomic E-state index is 13.0. The molecule has 4 rings (SSSR count). The van der Waals surface area contributed by atoms with Gasteiger partial charge in [0.05, 0.1) is 5.25 Å². The van der Waals surface area contributed by atoms with E-state index in [0.717, 1.165) is 27.4 Å². The van der Waals surface area contributed by atoms with Crippen LogP contribution in [0.1, 0.15) is 24.2 Å². The van der Waals surface area contributed by atoms with Crippen molar-refractivity contribution in [3.8, 4) is 11.4 Å². The summed E-state index contributed by atoms with van der Waals surface area (Å²) < 4.78 is 2.02. The smallest absolute Gasteiger partial charge is 0.192 e. The van der Waals surface area contributed by atoms with Crippen molar-refractivity contribution in [2.45, 2.75) is 30.8 Å². The first-order valence-electron chi connectivity index (χ1n) is 9.04. The summed E-state index contributed by atoms with van der Waals surface area (Å²) in [4.78, 5) is 16.2. The highest BCUT2D eigenvalue weighted by Gasteiger charge is 2.23. The number of para-hydroxylation sites is 1. The molecule has 7 heteroatoms. The van der Waals surface area contributed by atoms with Gasteiger partial charge in [-0.3, -0.25) is 4.79 Å². The maximum Gasteiger partial charge on any atom is 0.192 e. The number of hydrogen-bond donors (Lipinski definition) is 1. The summed E-state index contributed by atoms with van der Waals surface area (Å²) >= 11 is 7.41. The van der Waals surface area contributed by atoms with E-state index in [4.69, 9.17) is 11.6 Å². The first-order valence-corrected chi connectivity index (χ1v) is 10.3. The second kappa shape index (κ2) is 7.81. The number of aromatic amines is 1. The number of H-pyrrole nitrogens is 1. The van der Waals surface area contributed by atoms with Crippen LogP contribution in [0.4, 0.5) is 0 Å². The Hall–Kier alpha value is -2.57. The number of carbonyl (C=O) groups is 1. The normalized spacial score (nSPS) is 12.4. The Balaban J connectivity index is 1.60. The van der Waals surface area contributed by atoms with Crippen LogP contribution in [0.15, 0.2) is 59.9 Å². The van der Waals surface area contributed by atoms with Crippen molar-refractivity contribution in [2.24, 2.45) is 0 Å². The second-order valence-corrected chi connectivity index (χ2v) is 8.17. The molecule has 0 fully saturated rings. The van der Waals surface area contributed by atoms with Crippen LogP contribution in [0.2, 0.25) is 5.02 Å². The fourth-order valence-electron chi connectivity index (χ4n) is 3.18. The zero-order chi connectivity index (χ0) is 19.7. The van der Waals surface area contributed by atoms with Gasteiger partial charge in [0.1, 0.15) is 0 Å². The molecule has 1 N–H and O–H groups in total. The third-order valence-corrected chi connectivity index (χ3v) is 5.97. The van der Waals surface area contributed by atoms with E-state index in [-0.39, 0.29) is 11.0 Å². The monoisotopic (exact) mass is 410 g/mol. The SMILES string of the molecule is CCn1c(SC(C)C(=O)c2c[nH]c3ccccc23)nnc1-c1ccc(Cl)cc1. The third kappa shape index (κ3) is 3.45. The van der Waals surface area contributed by atoms with Gasteiger partial charge in [-0.1, -0.05) is 41.6 Å². The number of hydrogen-bond acceptors (Lipinski definition) is 4. The average Bonchev–Trinajstić information content (AvgIpc) is 3.32. The minimum absolute atomic E-state index is 0.0705. The minimum atomic E-state index is -0.285. The second-order valence-electron chi connectivity index (χ2n) is 6.43. The van der Waals surface area contributed by atoms with E-state index in [0.29, 0.717) is 17.1 Å². The number of rotatable bonds is 6. The van der Waals surface area contributed by atoms with Crippen molar-refractivity contribution in [1.29, 1.82) is 0 Å². The van der Waals surface area contributed by atoms with Gasteiger partial charge in [0.25, 0.3) is 0 Å². The van der Waals surface area contributed by atoms with Gasteiger partial charge in [0.15, 0.2) is 16.8 Å². The number of carbonyl (C=O) groups excluding carboxylic acids is 1. The van der Waals surface area contributed by atoms with Crippen LogP contribution in [-0.2, 0) is 6.54 Å². The fourth-order valence-corrected chi connectivity index (χ4v) is 4.29. The summed E-state index contributed by atoms with van der Waals surface area (Å²) in [5, 5.41) is 10.7. The zero-order valence-corrected chi connectivity index (χ0v) is 17.1. The van der Waals surface area contributed by atoms with Crippen LogP contribution in [0, 0.1) is 0 Å². The molecule has 28 heavy (non-hydrogen) atoms. The van der Waals surface area contributed by atoms with Crippen LogP contribution >= 0.6 is 23.4 Å². The van der Waals surface area contributed by atoms with E-state index in [1.165, 1.54) is 11.8 Å². The first kappa shape index (κ1) is 18.8. The molecule has 0 spiro atoms. The van der Waals surface area contributed by atoms with Crippen LogP contribution in [-0.4, -0.2) is 30.8 Å².